The van der Waals surface area contributed by atoms with E-state index in [4.69, 9.17) is 9.47 Å². The Kier molecular flexibility index (Phi) is 3.68. The first-order valence-electron chi connectivity index (χ1n) is 5.13. The zero-order chi connectivity index (χ0) is 12.3. The van der Waals surface area contributed by atoms with Crippen LogP contribution >= 0.6 is 15.9 Å². The number of ether oxygens (including phenoxy) is 2. The van der Waals surface area contributed by atoms with Gasteiger partial charge in [-0.25, -0.2) is 0 Å². The summed E-state index contributed by atoms with van der Waals surface area (Å²) in [5.41, 5.74) is 1.04. The molecule has 17 heavy (non-hydrogen) atoms. The number of hydrogen-bond acceptors (Lipinski definition) is 3. The minimum Gasteiger partial charge on any atom is -0.497 e. The van der Waals surface area contributed by atoms with Gasteiger partial charge in [0.05, 0.1) is 19.5 Å². The van der Waals surface area contributed by atoms with E-state index in [0.717, 1.165) is 21.5 Å². The number of aryl methyl sites for hydroxylation is 1. The van der Waals surface area contributed by atoms with Gasteiger partial charge in [-0.2, -0.15) is 5.10 Å². The van der Waals surface area contributed by atoms with Crippen molar-refractivity contribution in [1.82, 2.24) is 9.78 Å². The van der Waals surface area contributed by atoms with Gasteiger partial charge >= 0.3 is 0 Å². The Labute approximate surface area is 108 Å². The van der Waals surface area contributed by atoms with Crippen molar-refractivity contribution in [2.24, 2.45) is 7.05 Å². The number of hydrogen-bond donors (Lipinski definition) is 0. The first-order chi connectivity index (χ1) is 8.19. The van der Waals surface area contributed by atoms with E-state index in [1.807, 2.05) is 31.4 Å². The van der Waals surface area contributed by atoms with Crippen molar-refractivity contribution >= 4 is 15.9 Å². The van der Waals surface area contributed by atoms with Crippen molar-refractivity contribution in [1.29, 1.82) is 0 Å². The van der Waals surface area contributed by atoms with E-state index in [2.05, 4.69) is 21.0 Å². The monoisotopic (exact) mass is 296 g/mol. The molecule has 0 bridgehead atoms. The van der Waals surface area contributed by atoms with E-state index >= 15 is 0 Å². The first kappa shape index (κ1) is 12.0. The Balaban J connectivity index is 2.07. The number of benzene rings is 1. The second-order valence-electron chi connectivity index (χ2n) is 3.60. The average molecular weight is 297 g/mol. The second kappa shape index (κ2) is 5.23. The van der Waals surface area contributed by atoms with Crippen LogP contribution in [0.25, 0.3) is 0 Å². The van der Waals surface area contributed by atoms with Gasteiger partial charge in [-0.1, -0.05) is 15.9 Å². The molecule has 0 saturated heterocycles. The van der Waals surface area contributed by atoms with E-state index < -0.39 is 0 Å². The van der Waals surface area contributed by atoms with Crippen molar-refractivity contribution < 1.29 is 9.47 Å². The zero-order valence-electron chi connectivity index (χ0n) is 9.68. The van der Waals surface area contributed by atoms with Crippen LogP contribution in [0.15, 0.2) is 35.1 Å². The van der Waals surface area contributed by atoms with Gasteiger partial charge in [-0.15, -0.1) is 0 Å². The van der Waals surface area contributed by atoms with E-state index in [9.17, 15) is 0 Å². The van der Waals surface area contributed by atoms with Crippen LogP contribution in [0.3, 0.4) is 0 Å². The number of halogens is 1. The molecule has 90 valence electrons. The molecule has 0 unspecified atom stereocenters. The third kappa shape index (κ3) is 3.00. The smallest absolute Gasteiger partial charge is 0.157 e. The summed E-state index contributed by atoms with van der Waals surface area (Å²) >= 11 is 3.48. The third-order valence-corrected chi connectivity index (χ3v) is 3.10. The fourth-order valence-corrected chi connectivity index (χ4v) is 1.78. The van der Waals surface area contributed by atoms with Gasteiger partial charge < -0.3 is 9.47 Å². The predicted octanol–water partition coefficient (Wildman–Crippen LogP) is 2.77. The fraction of sp³-hybridized carbons (Fsp3) is 0.250. The maximum Gasteiger partial charge on any atom is 0.157 e. The lowest BCUT2D eigenvalue weighted by atomic mass is 10.2. The highest BCUT2D eigenvalue weighted by Gasteiger charge is 2.04. The van der Waals surface area contributed by atoms with Crippen molar-refractivity contribution in [2.45, 2.75) is 6.61 Å². The fourth-order valence-electron chi connectivity index (χ4n) is 1.42. The van der Waals surface area contributed by atoms with Gasteiger partial charge in [0.15, 0.2) is 5.75 Å². The molecule has 1 aromatic carbocycles. The standard InChI is InChI=1S/C12H13BrN2O2/c1-15-7-11(6-14-15)17-8-9-5-10(16-2)3-4-12(9)13/h3-7H,8H2,1-2H3. The van der Waals surface area contributed by atoms with E-state index in [-0.39, 0.29) is 0 Å². The highest BCUT2D eigenvalue weighted by atomic mass is 79.9. The zero-order valence-corrected chi connectivity index (χ0v) is 11.3. The molecule has 2 rings (SSSR count). The molecule has 1 heterocycles. The average Bonchev–Trinajstić information content (AvgIpc) is 2.74. The molecule has 0 aliphatic heterocycles. The minimum absolute atomic E-state index is 0.476. The van der Waals surface area contributed by atoms with Crippen LogP contribution in [0.4, 0.5) is 0 Å². The molecule has 1 aromatic heterocycles. The van der Waals surface area contributed by atoms with Crippen LogP contribution in [0, 0.1) is 0 Å². The molecule has 0 saturated carbocycles. The van der Waals surface area contributed by atoms with Crippen LogP contribution in [0.2, 0.25) is 0 Å². The van der Waals surface area contributed by atoms with Crippen LogP contribution in [-0.2, 0) is 13.7 Å². The summed E-state index contributed by atoms with van der Waals surface area (Å²) in [6.07, 6.45) is 3.52. The molecular weight excluding hydrogens is 284 g/mol. The molecule has 0 radical (unpaired) electrons. The number of rotatable bonds is 4. The van der Waals surface area contributed by atoms with Gasteiger partial charge in [-0.05, 0) is 18.2 Å². The highest BCUT2D eigenvalue weighted by molar-refractivity contribution is 9.10. The van der Waals surface area contributed by atoms with Crippen LogP contribution in [0.5, 0.6) is 11.5 Å². The Bertz CT molecular complexity index is 511. The lowest BCUT2D eigenvalue weighted by molar-refractivity contribution is 0.304. The number of aromatic nitrogens is 2. The predicted molar refractivity (Wildman–Crippen MR) is 68.2 cm³/mol. The molecule has 4 nitrogen and oxygen atoms in total. The summed E-state index contributed by atoms with van der Waals surface area (Å²) in [7, 11) is 3.50. The summed E-state index contributed by atoms with van der Waals surface area (Å²) in [4.78, 5) is 0. The summed E-state index contributed by atoms with van der Waals surface area (Å²) in [6.45, 7) is 0.476. The molecule has 0 fully saturated rings. The van der Waals surface area contributed by atoms with Crippen LogP contribution < -0.4 is 9.47 Å². The summed E-state index contributed by atoms with van der Waals surface area (Å²) < 4.78 is 13.5. The molecule has 0 spiro atoms. The highest BCUT2D eigenvalue weighted by Crippen LogP contribution is 2.23. The molecular formula is C12H13BrN2O2. The first-order valence-corrected chi connectivity index (χ1v) is 5.92. The second-order valence-corrected chi connectivity index (χ2v) is 4.45. The molecule has 0 aliphatic rings. The molecule has 0 aliphatic carbocycles. The Hall–Kier alpha value is -1.49. The maximum atomic E-state index is 5.62. The molecule has 0 N–H and O–H groups in total. The normalized spacial score (nSPS) is 10.3. The van der Waals surface area contributed by atoms with Crippen molar-refractivity contribution in [3.63, 3.8) is 0 Å². The van der Waals surface area contributed by atoms with Crippen LogP contribution in [-0.4, -0.2) is 16.9 Å². The Morgan fingerprint density at radius 2 is 2.18 bits per heavy atom. The molecule has 0 amide bonds. The topological polar surface area (TPSA) is 36.3 Å². The van der Waals surface area contributed by atoms with Crippen molar-refractivity contribution in [3.05, 3.63) is 40.6 Å². The molecule has 5 heteroatoms. The lowest BCUT2D eigenvalue weighted by Gasteiger charge is -2.08. The SMILES string of the molecule is COc1ccc(Br)c(COc2cnn(C)c2)c1. The van der Waals surface area contributed by atoms with E-state index in [1.54, 1.807) is 18.0 Å². The number of nitrogens with zero attached hydrogens (tertiary/aromatic N) is 2. The van der Waals surface area contributed by atoms with Crippen LogP contribution in [0.1, 0.15) is 5.56 Å². The van der Waals surface area contributed by atoms with Crippen molar-refractivity contribution in [3.8, 4) is 11.5 Å². The van der Waals surface area contributed by atoms with Gasteiger partial charge in [0.2, 0.25) is 0 Å². The largest absolute Gasteiger partial charge is 0.497 e. The van der Waals surface area contributed by atoms with Gasteiger partial charge in [0.1, 0.15) is 12.4 Å². The Morgan fingerprint density at radius 1 is 1.35 bits per heavy atom. The summed E-state index contributed by atoms with van der Waals surface area (Å²) in [5.74, 6) is 1.57. The molecule has 0 atom stereocenters. The van der Waals surface area contributed by atoms with Gasteiger partial charge in [0, 0.05) is 17.1 Å². The lowest BCUT2D eigenvalue weighted by Crippen LogP contribution is -1.96. The third-order valence-electron chi connectivity index (χ3n) is 2.33. The quantitative estimate of drug-likeness (QED) is 0.870. The molecule has 2 aromatic rings. The van der Waals surface area contributed by atoms with Gasteiger partial charge in [-0.3, -0.25) is 4.68 Å². The number of methoxy groups -OCH3 is 1. The van der Waals surface area contributed by atoms with Gasteiger partial charge in [0.25, 0.3) is 0 Å². The van der Waals surface area contributed by atoms with E-state index in [1.165, 1.54) is 0 Å². The maximum absolute atomic E-state index is 5.62. The van der Waals surface area contributed by atoms with E-state index in [0.29, 0.717) is 6.61 Å². The minimum atomic E-state index is 0.476. The summed E-state index contributed by atoms with van der Waals surface area (Å²) in [6, 6.07) is 5.79. The summed E-state index contributed by atoms with van der Waals surface area (Å²) in [5, 5.41) is 4.04. The Morgan fingerprint density at radius 3 is 2.82 bits per heavy atom. The van der Waals surface area contributed by atoms with Crippen molar-refractivity contribution in [2.75, 3.05) is 7.11 Å².